The molecule has 6 rings (SSSR count). The summed E-state index contributed by atoms with van der Waals surface area (Å²) in [5.41, 5.74) is 4.98. The first-order chi connectivity index (χ1) is 20.8. The number of ether oxygens (including phenoxy) is 1. The number of piperazine rings is 1. The van der Waals surface area contributed by atoms with Gasteiger partial charge >= 0.3 is 6.01 Å². The number of rotatable bonds is 7. The summed E-state index contributed by atoms with van der Waals surface area (Å²) in [5.74, 6) is 0.667. The van der Waals surface area contributed by atoms with Gasteiger partial charge in [0.2, 0.25) is 12.5 Å². The first-order valence-corrected chi connectivity index (χ1v) is 15.2. The molecule has 0 aliphatic carbocycles. The molecule has 11 nitrogen and oxygen atoms in total. The van der Waals surface area contributed by atoms with Crippen LogP contribution in [0.25, 0.3) is 15.7 Å². The van der Waals surface area contributed by atoms with Crippen molar-refractivity contribution < 1.29 is 9.53 Å². The van der Waals surface area contributed by atoms with Gasteiger partial charge in [-0.15, -0.1) is 0 Å². The van der Waals surface area contributed by atoms with E-state index in [1.165, 1.54) is 6.08 Å². The number of aromatic nitrogens is 4. The highest BCUT2D eigenvalue weighted by atomic mass is 35.5. The van der Waals surface area contributed by atoms with Crippen molar-refractivity contribution >= 4 is 34.2 Å². The Labute approximate surface area is 257 Å². The first-order valence-electron chi connectivity index (χ1n) is 14.8. The molecule has 3 atom stereocenters. The van der Waals surface area contributed by atoms with Crippen molar-refractivity contribution in [1.82, 2.24) is 34.9 Å². The third-order valence-electron chi connectivity index (χ3n) is 9.23. The number of likely N-dealkylation sites (N-methyl/N-ethyl adjacent to an activating group) is 2. The number of aromatic amines is 1. The summed E-state index contributed by atoms with van der Waals surface area (Å²) in [6.07, 6.45) is 6.05. The molecule has 226 valence electrons. The number of amides is 1. The first kappa shape index (κ1) is 29.4. The highest BCUT2D eigenvalue weighted by molar-refractivity contribution is 6.33. The van der Waals surface area contributed by atoms with Crippen molar-refractivity contribution in [2.45, 2.75) is 50.9 Å². The number of nitrogens with zero attached hydrogens (tertiary/aromatic N) is 8. The SMILES string of the molecule is [C-]#[N+]C[C@H]1CN(c2nc(OC[C@@H]3CCCN3C)nc3c2CN(C)[C@H](c2c(Cl)c(C)cc4[nH]ncc24)C3)CCN1C(=O)C=C. The molecule has 0 unspecified atom stereocenters. The number of benzene rings is 1. The maximum atomic E-state index is 12.6. The van der Waals surface area contributed by atoms with Gasteiger partial charge in [0, 0.05) is 60.7 Å². The molecule has 0 spiro atoms. The zero-order valence-electron chi connectivity index (χ0n) is 25.0. The Balaban J connectivity index is 1.38. The molecule has 0 radical (unpaired) electrons. The van der Waals surface area contributed by atoms with Crippen molar-refractivity contribution in [1.29, 1.82) is 0 Å². The molecule has 3 aliphatic rings. The number of nitrogens with one attached hydrogen (secondary N) is 1. The maximum absolute atomic E-state index is 12.6. The second-order valence-corrected chi connectivity index (χ2v) is 12.3. The quantitative estimate of drug-likeness (QED) is 0.323. The van der Waals surface area contributed by atoms with Gasteiger partial charge in [-0.2, -0.15) is 15.1 Å². The molecule has 2 aromatic heterocycles. The van der Waals surface area contributed by atoms with Gasteiger partial charge in [0.25, 0.3) is 0 Å². The van der Waals surface area contributed by atoms with Crippen LogP contribution in [0.4, 0.5) is 5.82 Å². The van der Waals surface area contributed by atoms with Crippen LogP contribution in [-0.2, 0) is 17.8 Å². The second kappa shape index (κ2) is 12.1. The summed E-state index contributed by atoms with van der Waals surface area (Å²) in [7, 11) is 4.23. The highest BCUT2D eigenvalue weighted by Gasteiger charge is 2.37. The van der Waals surface area contributed by atoms with Gasteiger partial charge in [-0.3, -0.25) is 14.8 Å². The fourth-order valence-electron chi connectivity index (χ4n) is 6.81. The molecule has 12 heteroatoms. The number of anilines is 1. The van der Waals surface area contributed by atoms with Gasteiger partial charge in [0.05, 0.1) is 17.4 Å². The molecule has 5 heterocycles. The van der Waals surface area contributed by atoms with Crippen LogP contribution in [0.2, 0.25) is 5.02 Å². The zero-order valence-corrected chi connectivity index (χ0v) is 25.8. The molecule has 3 aromatic rings. The average Bonchev–Trinajstić information content (AvgIpc) is 3.64. The lowest BCUT2D eigenvalue weighted by Crippen LogP contribution is -2.56. The lowest BCUT2D eigenvalue weighted by Gasteiger charge is -2.42. The molecule has 1 N–H and O–H groups in total. The Morgan fingerprint density at radius 2 is 2.09 bits per heavy atom. The Bertz CT molecular complexity index is 1580. The molecule has 43 heavy (non-hydrogen) atoms. The molecule has 2 saturated heterocycles. The Morgan fingerprint density at radius 1 is 1.26 bits per heavy atom. The molecule has 2 fully saturated rings. The third-order valence-corrected chi connectivity index (χ3v) is 9.73. The van der Waals surface area contributed by atoms with Crippen LogP contribution in [0.1, 0.15) is 41.3 Å². The summed E-state index contributed by atoms with van der Waals surface area (Å²) in [4.78, 5) is 34.8. The number of hydrogen-bond donors (Lipinski definition) is 1. The smallest absolute Gasteiger partial charge is 0.318 e. The fraction of sp³-hybridized carbons (Fsp3) is 0.516. The van der Waals surface area contributed by atoms with Crippen molar-refractivity contribution in [2.75, 3.05) is 58.3 Å². The van der Waals surface area contributed by atoms with E-state index < -0.39 is 0 Å². The lowest BCUT2D eigenvalue weighted by molar-refractivity contribution is -0.128. The molecule has 1 amide bonds. The average molecular weight is 604 g/mol. The summed E-state index contributed by atoms with van der Waals surface area (Å²) < 4.78 is 6.31. The fourth-order valence-corrected chi connectivity index (χ4v) is 7.09. The van der Waals surface area contributed by atoms with Crippen molar-refractivity contribution in [3.05, 3.63) is 63.7 Å². The van der Waals surface area contributed by atoms with Crippen molar-refractivity contribution in [3.8, 4) is 6.01 Å². The molecular formula is C31H38ClN9O2. The Hall–Kier alpha value is -3.72. The summed E-state index contributed by atoms with van der Waals surface area (Å²) in [6.45, 7) is 17.2. The predicted molar refractivity (Wildman–Crippen MR) is 166 cm³/mol. The monoisotopic (exact) mass is 603 g/mol. The van der Waals surface area contributed by atoms with Crippen LogP contribution in [-0.4, -0.2) is 106 Å². The Kier molecular flexibility index (Phi) is 8.27. The van der Waals surface area contributed by atoms with Gasteiger partial charge in [-0.05, 0) is 63.7 Å². The van der Waals surface area contributed by atoms with E-state index >= 15 is 0 Å². The van der Waals surface area contributed by atoms with Crippen LogP contribution in [0.15, 0.2) is 24.9 Å². The van der Waals surface area contributed by atoms with Gasteiger partial charge in [0.15, 0.2) is 0 Å². The number of likely N-dealkylation sites (tertiary alicyclic amines) is 1. The summed E-state index contributed by atoms with van der Waals surface area (Å²) >= 11 is 6.97. The highest BCUT2D eigenvalue weighted by Crippen LogP contribution is 2.42. The largest absolute Gasteiger partial charge is 0.462 e. The number of carbonyl (C=O) groups is 1. The number of fused-ring (bicyclic) bond motifs is 2. The van der Waals surface area contributed by atoms with E-state index in [1.807, 2.05) is 19.2 Å². The molecule has 0 saturated carbocycles. The molecular weight excluding hydrogens is 566 g/mol. The molecule has 3 aliphatic heterocycles. The van der Waals surface area contributed by atoms with Crippen LogP contribution in [0.3, 0.4) is 0 Å². The number of carbonyl (C=O) groups excluding carboxylic acids is 1. The van der Waals surface area contributed by atoms with E-state index in [0.717, 1.165) is 63.5 Å². The number of H-pyrrole nitrogens is 1. The van der Waals surface area contributed by atoms with Crippen LogP contribution in [0.5, 0.6) is 6.01 Å². The van der Waals surface area contributed by atoms with E-state index in [9.17, 15) is 4.79 Å². The van der Waals surface area contributed by atoms with Gasteiger partial charge in [0.1, 0.15) is 18.5 Å². The minimum atomic E-state index is -0.256. The van der Waals surface area contributed by atoms with Crippen LogP contribution in [0, 0.1) is 13.5 Å². The van der Waals surface area contributed by atoms with Gasteiger partial charge in [-0.1, -0.05) is 18.2 Å². The van der Waals surface area contributed by atoms with Crippen LogP contribution < -0.4 is 9.64 Å². The molecule has 0 bridgehead atoms. The third kappa shape index (κ3) is 5.55. The van der Waals surface area contributed by atoms with E-state index in [0.29, 0.717) is 51.3 Å². The number of hydrogen-bond acceptors (Lipinski definition) is 8. The van der Waals surface area contributed by atoms with E-state index in [1.54, 1.807) is 4.90 Å². The minimum absolute atomic E-state index is 0.0199. The maximum Gasteiger partial charge on any atom is 0.318 e. The van der Waals surface area contributed by atoms with E-state index in [-0.39, 0.29) is 24.5 Å². The van der Waals surface area contributed by atoms with Crippen molar-refractivity contribution in [3.63, 3.8) is 0 Å². The number of halogens is 1. The van der Waals surface area contributed by atoms with Crippen LogP contribution >= 0.6 is 11.6 Å². The zero-order chi connectivity index (χ0) is 30.2. The van der Waals surface area contributed by atoms with E-state index in [4.69, 9.17) is 32.9 Å². The molecule has 1 aromatic carbocycles. The summed E-state index contributed by atoms with van der Waals surface area (Å²) in [6, 6.07) is 2.46. The van der Waals surface area contributed by atoms with Crippen molar-refractivity contribution in [2.24, 2.45) is 0 Å². The van der Waals surface area contributed by atoms with E-state index in [2.05, 4.69) is 50.4 Å². The predicted octanol–water partition coefficient (Wildman–Crippen LogP) is 3.64. The second-order valence-electron chi connectivity index (χ2n) is 11.9. The Morgan fingerprint density at radius 3 is 2.84 bits per heavy atom. The summed E-state index contributed by atoms with van der Waals surface area (Å²) in [5, 5.41) is 9.15. The van der Waals surface area contributed by atoms with Gasteiger partial charge in [-0.25, -0.2) is 6.57 Å². The minimum Gasteiger partial charge on any atom is -0.462 e. The normalized spacial score (nSPS) is 22.9. The standard InChI is InChI=1S/C31H38ClN9O2/c1-6-27(42)41-11-10-40(16-21(41)14-33-3)30-23-17-39(5)26(28-22-15-34-37-25(22)12-19(2)29(28)32)13-24(23)35-31(36-30)43-18-20-8-7-9-38(20)4/h6,12,15,20-21,26H,1,7-11,13-14,16-18H2,2,4-5H3,(H,34,37)/t20-,21-,26-/m0/s1. The number of aryl methyl sites for hydroxylation is 1. The van der Waals surface area contributed by atoms with Gasteiger partial charge < -0.3 is 24.3 Å². The topological polar surface area (TPSA) is 98.1 Å². The lowest BCUT2D eigenvalue weighted by atomic mass is 9.90.